The Labute approximate surface area is 160 Å². The quantitative estimate of drug-likeness (QED) is 0.614. The van der Waals surface area contributed by atoms with E-state index < -0.39 is 10.0 Å². The molecule has 1 aromatic heterocycles. The first-order chi connectivity index (χ1) is 12.4. The highest BCUT2D eigenvalue weighted by atomic mass is 32.2. The summed E-state index contributed by atoms with van der Waals surface area (Å²) in [6, 6.07) is 11.6. The molecule has 0 saturated carbocycles. The first-order valence-corrected chi connectivity index (χ1v) is 11.3. The summed E-state index contributed by atoms with van der Waals surface area (Å²) in [5.41, 5.74) is 2.56. The fourth-order valence-electron chi connectivity index (χ4n) is 2.46. The van der Waals surface area contributed by atoms with E-state index in [1.54, 1.807) is 30.2 Å². The minimum atomic E-state index is -3.32. The molecule has 26 heavy (non-hydrogen) atoms. The summed E-state index contributed by atoms with van der Waals surface area (Å²) in [4.78, 5) is 5.01. The number of pyridine rings is 1. The van der Waals surface area contributed by atoms with Crippen LogP contribution in [0.1, 0.15) is 30.0 Å². The predicted molar refractivity (Wildman–Crippen MR) is 105 cm³/mol. The molecule has 0 atom stereocenters. The van der Waals surface area contributed by atoms with Crippen molar-refractivity contribution < 1.29 is 8.42 Å². The van der Waals surface area contributed by atoms with Gasteiger partial charge in [-0.1, -0.05) is 19.1 Å². The van der Waals surface area contributed by atoms with Crippen molar-refractivity contribution in [2.24, 2.45) is 0 Å². The molecule has 0 N–H and O–H groups in total. The van der Waals surface area contributed by atoms with Gasteiger partial charge in [-0.25, -0.2) is 8.42 Å². The van der Waals surface area contributed by atoms with Crippen LogP contribution in [0.4, 0.5) is 0 Å². The molecule has 2 rings (SSSR count). The molecule has 0 spiro atoms. The second kappa shape index (κ2) is 9.72. The Bertz CT molecular complexity index is 862. The molecule has 0 amide bonds. The Morgan fingerprint density at radius 3 is 2.69 bits per heavy atom. The van der Waals surface area contributed by atoms with Gasteiger partial charge in [0.1, 0.15) is 6.07 Å². The van der Waals surface area contributed by atoms with Crippen molar-refractivity contribution >= 4 is 21.8 Å². The molecular weight excluding hydrogens is 366 g/mol. The number of rotatable bonds is 9. The van der Waals surface area contributed by atoms with Crippen LogP contribution in [-0.2, 0) is 23.0 Å². The van der Waals surface area contributed by atoms with Gasteiger partial charge in [-0.3, -0.25) is 4.98 Å². The molecule has 7 heteroatoms. The molecule has 1 aromatic carbocycles. The topological polar surface area (TPSA) is 74.1 Å². The van der Waals surface area contributed by atoms with E-state index in [1.807, 2.05) is 24.3 Å². The third-order valence-corrected chi connectivity index (χ3v) is 6.34. The van der Waals surface area contributed by atoms with Crippen molar-refractivity contribution in [1.82, 2.24) is 9.29 Å². The molecule has 0 aliphatic rings. The lowest BCUT2D eigenvalue weighted by Crippen LogP contribution is -2.31. The molecule has 1 heterocycles. The van der Waals surface area contributed by atoms with E-state index in [1.165, 1.54) is 10.6 Å². The molecule has 0 saturated heterocycles. The first-order valence-electron chi connectivity index (χ1n) is 8.44. The van der Waals surface area contributed by atoms with Gasteiger partial charge in [0.25, 0.3) is 0 Å². The summed E-state index contributed by atoms with van der Waals surface area (Å²) in [7, 11) is -3.32. The van der Waals surface area contributed by atoms with Crippen molar-refractivity contribution in [2.45, 2.75) is 31.2 Å². The van der Waals surface area contributed by atoms with E-state index in [0.717, 1.165) is 28.2 Å². The van der Waals surface area contributed by atoms with E-state index in [-0.39, 0.29) is 0 Å². The highest BCUT2D eigenvalue weighted by Crippen LogP contribution is 2.25. The third-order valence-electron chi connectivity index (χ3n) is 3.83. The lowest BCUT2D eigenvalue weighted by atomic mass is 10.1. The van der Waals surface area contributed by atoms with Gasteiger partial charge in [-0.05, 0) is 47.9 Å². The van der Waals surface area contributed by atoms with E-state index in [2.05, 4.69) is 18.0 Å². The Morgan fingerprint density at radius 1 is 1.27 bits per heavy atom. The molecule has 0 unspecified atom stereocenters. The molecule has 5 nitrogen and oxygen atoms in total. The lowest BCUT2D eigenvalue weighted by Gasteiger charge is -2.20. The largest absolute Gasteiger partial charge is 0.264 e. The van der Waals surface area contributed by atoms with Gasteiger partial charge in [0.05, 0.1) is 11.8 Å². The van der Waals surface area contributed by atoms with Crippen molar-refractivity contribution in [3.8, 4) is 6.07 Å². The zero-order valence-electron chi connectivity index (χ0n) is 15.1. The van der Waals surface area contributed by atoms with Crippen LogP contribution in [0.2, 0.25) is 0 Å². The summed E-state index contributed by atoms with van der Waals surface area (Å²) < 4.78 is 25.7. The normalized spacial score (nSPS) is 11.5. The second-order valence-corrected chi connectivity index (χ2v) is 9.12. The number of nitrogens with zero attached hydrogens (tertiary/aromatic N) is 3. The molecule has 138 valence electrons. The molecule has 0 fully saturated rings. The Balaban J connectivity index is 2.12. The van der Waals surface area contributed by atoms with Crippen LogP contribution in [0.3, 0.4) is 0 Å². The fraction of sp³-hybridized carbons (Fsp3) is 0.368. The van der Waals surface area contributed by atoms with Crippen LogP contribution in [-0.4, -0.2) is 36.3 Å². The monoisotopic (exact) mass is 389 g/mol. The molecule has 0 aliphatic heterocycles. The number of benzene rings is 1. The molecule has 0 bridgehead atoms. The van der Waals surface area contributed by atoms with Crippen molar-refractivity contribution in [1.29, 1.82) is 5.26 Å². The standard InChI is InChI=1S/C19H23N3O2S2/c1-3-11-25-19-12-16(6-7-18(19)13-20)8-10-22(26(2,23)24)15-17-5-4-9-21-14-17/h4-7,9,12,14H,3,8,10-11,15H2,1-2H3. The van der Waals surface area contributed by atoms with Gasteiger partial charge in [0.2, 0.25) is 10.0 Å². The number of aromatic nitrogens is 1. The van der Waals surface area contributed by atoms with Crippen LogP contribution in [0.5, 0.6) is 0 Å². The lowest BCUT2D eigenvalue weighted by molar-refractivity contribution is 0.413. The Morgan fingerprint density at radius 2 is 2.08 bits per heavy atom. The van der Waals surface area contributed by atoms with Gasteiger partial charge >= 0.3 is 0 Å². The number of hydrogen-bond donors (Lipinski definition) is 0. The fourth-order valence-corrected chi connectivity index (χ4v) is 4.19. The van der Waals surface area contributed by atoms with Crippen molar-refractivity contribution in [3.05, 3.63) is 59.4 Å². The van der Waals surface area contributed by atoms with Gasteiger partial charge in [-0.2, -0.15) is 9.57 Å². The Kier molecular flexibility index (Phi) is 7.64. The van der Waals surface area contributed by atoms with Crippen LogP contribution in [0, 0.1) is 11.3 Å². The predicted octanol–water partition coefficient (Wildman–Crippen LogP) is 3.46. The zero-order chi connectivity index (χ0) is 19.0. The summed E-state index contributed by atoms with van der Waals surface area (Å²) in [6.07, 6.45) is 6.20. The highest BCUT2D eigenvalue weighted by molar-refractivity contribution is 7.99. The minimum Gasteiger partial charge on any atom is -0.264 e. The van der Waals surface area contributed by atoms with Crippen LogP contribution >= 0.6 is 11.8 Å². The maximum atomic E-state index is 12.1. The van der Waals surface area contributed by atoms with Gasteiger partial charge in [0.15, 0.2) is 0 Å². The van der Waals surface area contributed by atoms with Gasteiger partial charge in [-0.15, -0.1) is 11.8 Å². The SMILES string of the molecule is CCCSc1cc(CCN(Cc2cccnc2)S(C)(=O)=O)ccc1C#N. The molecular formula is C19H23N3O2S2. The van der Waals surface area contributed by atoms with Gasteiger partial charge < -0.3 is 0 Å². The van der Waals surface area contributed by atoms with E-state index >= 15 is 0 Å². The van der Waals surface area contributed by atoms with E-state index in [9.17, 15) is 13.7 Å². The maximum Gasteiger partial charge on any atom is 0.211 e. The minimum absolute atomic E-state index is 0.306. The van der Waals surface area contributed by atoms with E-state index in [0.29, 0.717) is 25.1 Å². The molecule has 0 radical (unpaired) electrons. The van der Waals surface area contributed by atoms with Crippen LogP contribution in [0.25, 0.3) is 0 Å². The Hall–Kier alpha value is -1.88. The average Bonchev–Trinajstić information content (AvgIpc) is 2.63. The second-order valence-electron chi connectivity index (χ2n) is 6.00. The molecule has 2 aromatic rings. The zero-order valence-corrected chi connectivity index (χ0v) is 16.7. The highest BCUT2D eigenvalue weighted by Gasteiger charge is 2.17. The smallest absolute Gasteiger partial charge is 0.211 e. The first kappa shape index (κ1) is 20.4. The number of sulfonamides is 1. The van der Waals surface area contributed by atoms with Crippen molar-refractivity contribution in [3.63, 3.8) is 0 Å². The van der Waals surface area contributed by atoms with Crippen LogP contribution in [0.15, 0.2) is 47.6 Å². The summed E-state index contributed by atoms with van der Waals surface area (Å²) >= 11 is 1.67. The van der Waals surface area contributed by atoms with Crippen LogP contribution < -0.4 is 0 Å². The average molecular weight is 390 g/mol. The summed E-state index contributed by atoms with van der Waals surface area (Å²) in [6.45, 7) is 2.79. The summed E-state index contributed by atoms with van der Waals surface area (Å²) in [5, 5.41) is 9.24. The maximum absolute atomic E-state index is 12.1. The number of hydrogen-bond acceptors (Lipinski definition) is 5. The number of thioether (sulfide) groups is 1. The van der Waals surface area contributed by atoms with Gasteiger partial charge in [0, 0.05) is 30.4 Å². The number of nitriles is 1. The van der Waals surface area contributed by atoms with E-state index in [4.69, 9.17) is 0 Å². The van der Waals surface area contributed by atoms with Crippen molar-refractivity contribution in [2.75, 3.05) is 18.6 Å². The molecule has 0 aliphatic carbocycles. The summed E-state index contributed by atoms with van der Waals surface area (Å²) in [5.74, 6) is 0.953. The third kappa shape index (κ3) is 6.13.